The molecular formula is C8H16N4O3S. The van der Waals surface area contributed by atoms with Gasteiger partial charge in [-0.15, -0.1) is 0 Å². The highest BCUT2D eigenvalue weighted by molar-refractivity contribution is 7.87. The topological polar surface area (TPSA) is 96.1 Å². The summed E-state index contributed by atoms with van der Waals surface area (Å²) in [6.07, 6.45) is 1.59. The third-order valence-corrected chi connectivity index (χ3v) is 3.09. The van der Waals surface area contributed by atoms with Crippen molar-refractivity contribution in [2.75, 3.05) is 20.3 Å². The first kappa shape index (κ1) is 13.1. The SMILES string of the molecule is COCCNS(=O)(=O)NCc1cn[nH]c1C. The van der Waals surface area contributed by atoms with Crippen LogP contribution in [0.25, 0.3) is 0 Å². The van der Waals surface area contributed by atoms with E-state index in [2.05, 4.69) is 19.6 Å². The lowest BCUT2D eigenvalue weighted by molar-refractivity contribution is 0.204. The summed E-state index contributed by atoms with van der Waals surface area (Å²) in [5.74, 6) is 0. The summed E-state index contributed by atoms with van der Waals surface area (Å²) in [5.41, 5.74) is 1.66. The first-order valence-electron chi connectivity index (χ1n) is 4.77. The van der Waals surface area contributed by atoms with Crippen molar-refractivity contribution in [2.45, 2.75) is 13.5 Å². The Morgan fingerprint density at radius 1 is 1.50 bits per heavy atom. The van der Waals surface area contributed by atoms with Crippen molar-refractivity contribution in [1.29, 1.82) is 0 Å². The van der Waals surface area contributed by atoms with Crippen molar-refractivity contribution in [2.24, 2.45) is 0 Å². The standard InChI is InChI=1S/C8H16N4O3S/c1-7-8(5-9-12-7)6-11-16(13,14)10-3-4-15-2/h5,10-11H,3-4,6H2,1-2H3,(H,9,12). The number of aryl methyl sites for hydroxylation is 1. The summed E-state index contributed by atoms with van der Waals surface area (Å²) in [4.78, 5) is 0. The van der Waals surface area contributed by atoms with Crippen molar-refractivity contribution < 1.29 is 13.2 Å². The fraction of sp³-hybridized carbons (Fsp3) is 0.625. The van der Waals surface area contributed by atoms with Gasteiger partial charge in [0.15, 0.2) is 0 Å². The van der Waals surface area contributed by atoms with Crippen molar-refractivity contribution >= 4 is 10.2 Å². The van der Waals surface area contributed by atoms with Gasteiger partial charge in [-0.3, -0.25) is 5.10 Å². The summed E-state index contributed by atoms with van der Waals surface area (Å²) in [5, 5.41) is 6.53. The number of hydrogen-bond donors (Lipinski definition) is 3. The lowest BCUT2D eigenvalue weighted by Crippen LogP contribution is -2.37. The zero-order valence-corrected chi connectivity index (χ0v) is 10.1. The molecule has 0 aliphatic heterocycles. The zero-order chi connectivity index (χ0) is 12.0. The Morgan fingerprint density at radius 2 is 2.25 bits per heavy atom. The normalized spacial score (nSPS) is 11.9. The van der Waals surface area contributed by atoms with Crippen LogP contribution in [0.4, 0.5) is 0 Å². The predicted molar refractivity (Wildman–Crippen MR) is 59.0 cm³/mol. The van der Waals surface area contributed by atoms with E-state index in [0.717, 1.165) is 11.3 Å². The van der Waals surface area contributed by atoms with Crippen LogP contribution in [0.1, 0.15) is 11.3 Å². The minimum Gasteiger partial charge on any atom is -0.383 e. The fourth-order valence-electron chi connectivity index (χ4n) is 1.06. The average Bonchev–Trinajstić information content (AvgIpc) is 2.62. The number of aromatic amines is 1. The molecule has 0 amide bonds. The maximum absolute atomic E-state index is 11.4. The molecule has 0 unspecified atom stereocenters. The van der Waals surface area contributed by atoms with Gasteiger partial charge in [0, 0.05) is 31.5 Å². The van der Waals surface area contributed by atoms with Crippen LogP contribution in [0.5, 0.6) is 0 Å². The Kier molecular flexibility index (Phi) is 4.87. The Bertz CT molecular complexity index is 415. The van der Waals surface area contributed by atoms with Gasteiger partial charge in [0.25, 0.3) is 10.2 Å². The number of ether oxygens (including phenoxy) is 1. The number of aromatic nitrogens is 2. The van der Waals surface area contributed by atoms with Gasteiger partial charge in [-0.2, -0.15) is 23.0 Å². The zero-order valence-electron chi connectivity index (χ0n) is 9.28. The van der Waals surface area contributed by atoms with Crippen molar-refractivity contribution in [3.8, 4) is 0 Å². The van der Waals surface area contributed by atoms with E-state index in [0.29, 0.717) is 6.61 Å². The van der Waals surface area contributed by atoms with E-state index in [1.807, 2.05) is 6.92 Å². The first-order valence-corrected chi connectivity index (χ1v) is 6.25. The lowest BCUT2D eigenvalue weighted by atomic mass is 10.3. The minimum absolute atomic E-state index is 0.213. The van der Waals surface area contributed by atoms with Crippen LogP contribution in [0, 0.1) is 6.92 Å². The van der Waals surface area contributed by atoms with E-state index in [1.54, 1.807) is 6.20 Å². The second-order valence-electron chi connectivity index (χ2n) is 3.23. The molecule has 1 aromatic heterocycles. The molecule has 1 aromatic rings. The Morgan fingerprint density at radius 3 is 2.81 bits per heavy atom. The molecule has 0 bridgehead atoms. The largest absolute Gasteiger partial charge is 0.383 e. The quantitative estimate of drug-likeness (QED) is 0.555. The van der Waals surface area contributed by atoms with E-state index in [9.17, 15) is 8.42 Å². The molecule has 0 radical (unpaired) electrons. The molecule has 0 saturated heterocycles. The minimum atomic E-state index is -3.47. The van der Waals surface area contributed by atoms with Gasteiger partial charge in [-0.25, -0.2) is 0 Å². The molecule has 1 heterocycles. The van der Waals surface area contributed by atoms with Gasteiger partial charge < -0.3 is 4.74 Å². The predicted octanol–water partition coefficient (Wildman–Crippen LogP) is -0.711. The second-order valence-corrected chi connectivity index (χ2v) is 4.82. The Hall–Kier alpha value is -0.960. The molecule has 0 atom stereocenters. The average molecular weight is 248 g/mol. The van der Waals surface area contributed by atoms with Crippen LogP contribution >= 0.6 is 0 Å². The number of hydrogen-bond acceptors (Lipinski definition) is 4. The summed E-state index contributed by atoms with van der Waals surface area (Å²) >= 11 is 0. The van der Waals surface area contributed by atoms with Crippen LogP contribution in [-0.2, 0) is 21.5 Å². The van der Waals surface area contributed by atoms with Crippen LogP contribution in [0.2, 0.25) is 0 Å². The van der Waals surface area contributed by atoms with Gasteiger partial charge in [-0.1, -0.05) is 0 Å². The van der Waals surface area contributed by atoms with Crippen molar-refractivity contribution in [1.82, 2.24) is 19.6 Å². The van der Waals surface area contributed by atoms with Crippen LogP contribution in [-0.4, -0.2) is 38.9 Å². The number of methoxy groups -OCH3 is 1. The molecule has 0 fully saturated rings. The van der Waals surface area contributed by atoms with Gasteiger partial charge in [-0.05, 0) is 6.92 Å². The summed E-state index contributed by atoms with van der Waals surface area (Å²) in [7, 11) is -1.96. The molecule has 0 spiro atoms. The van der Waals surface area contributed by atoms with Gasteiger partial charge in [0.2, 0.25) is 0 Å². The molecule has 0 aliphatic carbocycles. The maximum atomic E-state index is 11.4. The number of nitrogens with one attached hydrogen (secondary N) is 3. The molecule has 3 N–H and O–H groups in total. The molecule has 16 heavy (non-hydrogen) atoms. The summed E-state index contributed by atoms with van der Waals surface area (Å²) in [6.45, 7) is 2.63. The third kappa shape index (κ3) is 4.27. The van der Waals surface area contributed by atoms with Crippen molar-refractivity contribution in [3.05, 3.63) is 17.5 Å². The highest BCUT2D eigenvalue weighted by Crippen LogP contribution is 2.01. The van der Waals surface area contributed by atoms with Gasteiger partial charge in [0.1, 0.15) is 0 Å². The Labute approximate surface area is 94.8 Å². The molecular weight excluding hydrogens is 232 g/mol. The number of nitrogens with zero attached hydrogens (tertiary/aromatic N) is 1. The third-order valence-electron chi connectivity index (χ3n) is 1.99. The highest BCUT2D eigenvalue weighted by Gasteiger charge is 2.09. The fourth-order valence-corrected chi connectivity index (χ4v) is 1.86. The van der Waals surface area contributed by atoms with Gasteiger partial charge >= 0.3 is 0 Å². The molecule has 7 nitrogen and oxygen atoms in total. The smallest absolute Gasteiger partial charge is 0.277 e. The molecule has 0 aliphatic rings. The van der Waals surface area contributed by atoms with Crippen LogP contribution in [0.3, 0.4) is 0 Å². The summed E-state index contributed by atoms with van der Waals surface area (Å²) in [6, 6.07) is 0. The van der Waals surface area contributed by atoms with Crippen LogP contribution < -0.4 is 9.44 Å². The monoisotopic (exact) mass is 248 g/mol. The first-order chi connectivity index (χ1) is 7.55. The summed E-state index contributed by atoms with van der Waals surface area (Å²) < 4.78 is 32.3. The van der Waals surface area contributed by atoms with E-state index in [4.69, 9.17) is 4.74 Å². The molecule has 0 aromatic carbocycles. The van der Waals surface area contributed by atoms with Gasteiger partial charge in [0.05, 0.1) is 12.8 Å². The van der Waals surface area contributed by atoms with E-state index >= 15 is 0 Å². The molecule has 0 saturated carbocycles. The van der Waals surface area contributed by atoms with E-state index in [1.165, 1.54) is 7.11 Å². The highest BCUT2D eigenvalue weighted by atomic mass is 32.2. The molecule has 8 heteroatoms. The molecule has 1 rings (SSSR count). The lowest BCUT2D eigenvalue weighted by Gasteiger charge is -2.07. The number of rotatable bonds is 7. The number of H-pyrrole nitrogens is 1. The maximum Gasteiger partial charge on any atom is 0.277 e. The molecule has 92 valence electrons. The van der Waals surface area contributed by atoms with E-state index < -0.39 is 10.2 Å². The van der Waals surface area contributed by atoms with Crippen molar-refractivity contribution in [3.63, 3.8) is 0 Å². The van der Waals surface area contributed by atoms with E-state index in [-0.39, 0.29) is 13.1 Å². The second kappa shape index (κ2) is 5.94. The van der Waals surface area contributed by atoms with Crippen LogP contribution in [0.15, 0.2) is 6.20 Å². The Balaban J connectivity index is 2.39.